The smallest absolute Gasteiger partial charge is 0.253 e. The molecule has 0 unspecified atom stereocenters. The first kappa shape index (κ1) is 22.5. The number of pyridine rings is 1. The Labute approximate surface area is 193 Å². The number of hydrogen-bond acceptors (Lipinski definition) is 4. The normalized spacial score (nSPS) is 19.1. The number of hydrogen-bond donors (Lipinski definition) is 2. The monoisotopic (exact) mass is 452 g/mol. The van der Waals surface area contributed by atoms with Crippen LogP contribution in [0.5, 0.6) is 0 Å². The molecule has 0 aliphatic heterocycles. The molecule has 1 aliphatic carbocycles. The third-order valence-corrected chi connectivity index (χ3v) is 6.57. The van der Waals surface area contributed by atoms with Crippen molar-refractivity contribution in [2.75, 3.05) is 7.05 Å². The van der Waals surface area contributed by atoms with Gasteiger partial charge in [0.1, 0.15) is 5.15 Å². The van der Waals surface area contributed by atoms with Crippen molar-refractivity contribution in [1.29, 1.82) is 0 Å². The average molecular weight is 453 g/mol. The van der Waals surface area contributed by atoms with E-state index in [2.05, 4.69) is 15.2 Å². The summed E-state index contributed by atoms with van der Waals surface area (Å²) >= 11 is 5.85. The van der Waals surface area contributed by atoms with Gasteiger partial charge in [-0.2, -0.15) is 5.10 Å². The molecule has 1 aromatic carbocycles. The van der Waals surface area contributed by atoms with Gasteiger partial charge in [-0.05, 0) is 79.8 Å². The Morgan fingerprint density at radius 1 is 1.25 bits per heavy atom. The number of aryl methyl sites for hydroxylation is 1. The number of carbonyl (C=O) groups is 1. The predicted molar refractivity (Wildman–Crippen MR) is 124 cm³/mol. The summed E-state index contributed by atoms with van der Waals surface area (Å²) in [6.07, 6.45) is 5.20. The molecule has 2 aromatic heterocycles. The Hall–Kier alpha value is -2.70. The Morgan fingerprint density at radius 3 is 2.69 bits per heavy atom. The molecule has 3 aromatic rings. The van der Waals surface area contributed by atoms with Gasteiger partial charge in [0.15, 0.2) is 0 Å². The van der Waals surface area contributed by atoms with Crippen LogP contribution in [0.1, 0.15) is 58.2 Å². The molecule has 0 saturated heterocycles. The predicted octanol–water partition coefficient (Wildman–Crippen LogP) is 4.73. The van der Waals surface area contributed by atoms with Crippen molar-refractivity contribution < 1.29 is 9.90 Å². The fraction of sp³-hybridized carbons (Fsp3) is 0.400. The maximum atomic E-state index is 12.7. The van der Waals surface area contributed by atoms with Crippen molar-refractivity contribution in [2.24, 2.45) is 11.8 Å². The fourth-order valence-electron chi connectivity index (χ4n) is 4.63. The molecule has 6 nitrogen and oxygen atoms in total. The molecule has 0 radical (unpaired) electrons. The molecule has 1 aliphatic rings. The molecular weight excluding hydrogens is 424 g/mol. The Kier molecular flexibility index (Phi) is 6.92. The van der Waals surface area contributed by atoms with E-state index in [-0.39, 0.29) is 11.8 Å². The summed E-state index contributed by atoms with van der Waals surface area (Å²) in [5.74, 6) is 0.753. The summed E-state index contributed by atoms with van der Waals surface area (Å²) < 4.78 is 0. The van der Waals surface area contributed by atoms with Crippen molar-refractivity contribution in [2.45, 2.75) is 45.3 Å². The number of benzene rings is 1. The third kappa shape index (κ3) is 5.37. The van der Waals surface area contributed by atoms with Gasteiger partial charge in [0.25, 0.3) is 5.91 Å². The molecule has 2 heterocycles. The highest BCUT2D eigenvalue weighted by atomic mass is 35.5. The maximum Gasteiger partial charge on any atom is 0.253 e. The molecule has 168 valence electrons. The summed E-state index contributed by atoms with van der Waals surface area (Å²) in [5, 5.41) is 18.3. The van der Waals surface area contributed by atoms with Gasteiger partial charge in [-0.15, -0.1) is 0 Å². The van der Waals surface area contributed by atoms with Gasteiger partial charge in [0.2, 0.25) is 0 Å². The molecule has 7 heteroatoms. The summed E-state index contributed by atoms with van der Waals surface area (Å²) in [6.45, 7) is 2.42. The van der Waals surface area contributed by atoms with E-state index < -0.39 is 6.10 Å². The van der Waals surface area contributed by atoms with Crippen molar-refractivity contribution >= 4 is 17.5 Å². The van der Waals surface area contributed by atoms with Crippen LogP contribution in [0.3, 0.4) is 0 Å². The van der Waals surface area contributed by atoms with Crippen LogP contribution in [0, 0.1) is 18.8 Å². The molecule has 3 atom stereocenters. The van der Waals surface area contributed by atoms with Gasteiger partial charge in [-0.1, -0.05) is 29.8 Å². The van der Waals surface area contributed by atoms with E-state index in [1.54, 1.807) is 24.2 Å². The van der Waals surface area contributed by atoms with Crippen LogP contribution in [-0.2, 0) is 13.0 Å². The van der Waals surface area contributed by atoms with E-state index in [0.717, 1.165) is 42.6 Å². The number of nitrogens with one attached hydrogen (secondary N) is 1. The van der Waals surface area contributed by atoms with Gasteiger partial charge in [0.05, 0.1) is 18.3 Å². The Bertz CT molecular complexity index is 1050. The van der Waals surface area contributed by atoms with Crippen molar-refractivity contribution in [3.05, 3.63) is 81.9 Å². The van der Waals surface area contributed by atoms with Crippen molar-refractivity contribution in [1.82, 2.24) is 20.1 Å². The lowest BCUT2D eigenvalue weighted by Gasteiger charge is -2.19. The minimum Gasteiger partial charge on any atom is -0.388 e. The molecule has 2 N–H and O–H groups in total. The molecular formula is C25H29ClN4O2. The van der Waals surface area contributed by atoms with E-state index in [0.29, 0.717) is 23.2 Å². The molecule has 0 spiro atoms. The van der Waals surface area contributed by atoms with Gasteiger partial charge in [-0.3, -0.25) is 9.89 Å². The quantitative estimate of drug-likeness (QED) is 0.507. The van der Waals surface area contributed by atoms with Gasteiger partial charge in [-0.25, -0.2) is 4.98 Å². The van der Waals surface area contributed by atoms with Crippen molar-refractivity contribution in [3.8, 4) is 0 Å². The van der Waals surface area contributed by atoms with Crippen LogP contribution in [0.4, 0.5) is 0 Å². The maximum absolute atomic E-state index is 12.7. The minimum absolute atomic E-state index is 0.0159. The van der Waals surface area contributed by atoms with Crippen LogP contribution in [-0.4, -0.2) is 38.1 Å². The third-order valence-electron chi connectivity index (χ3n) is 6.35. The van der Waals surface area contributed by atoms with E-state index in [1.165, 1.54) is 5.56 Å². The number of nitrogens with zero attached hydrogens (tertiary/aromatic N) is 3. The highest BCUT2D eigenvalue weighted by Gasteiger charge is 2.31. The molecule has 1 amide bonds. The lowest BCUT2D eigenvalue weighted by Crippen LogP contribution is -2.26. The van der Waals surface area contributed by atoms with Crippen LogP contribution in [0.15, 0.2) is 48.7 Å². The van der Waals surface area contributed by atoms with E-state index in [1.807, 2.05) is 43.3 Å². The lowest BCUT2D eigenvalue weighted by atomic mass is 9.92. The van der Waals surface area contributed by atoms with Crippen LogP contribution in [0.25, 0.3) is 0 Å². The largest absolute Gasteiger partial charge is 0.388 e. The first-order valence-corrected chi connectivity index (χ1v) is 11.4. The van der Waals surface area contributed by atoms with E-state index in [9.17, 15) is 9.90 Å². The number of aromatic amines is 1. The van der Waals surface area contributed by atoms with Crippen LogP contribution < -0.4 is 0 Å². The second-order valence-corrected chi connectivity index (χ2v) is 9.29. The lowest BCUT2D eigenvalue weighted by molar-refractivity contribution is 0.0783. The zero-order valence-corrected chi connectivity index (χ0v) is 19.2. The number of carbonyl (C=O) groups excluding carboxylic acids is 1. The van der Waals surface area contributed by atoms with Crippen LogP contribution >= 0.6 is 11.6 Å². The molecule has 32 heavy (non-hydrogen) atoms. The number of aliphatic hydroxyl groups excluding tert-OH is 1. The Balaban J connectivity index is 1.30. The first-order chi connectivity index (χ1) is 15.4. The zero-order chi connectivity index (χ0) is 22.7. The Morgan fingerprint density at radius 2 is 2.03 bits per heavy atom. The summed E-state index contributed by atoms with van der Waals surface area (Å²) in [6, 6.07) is 13.4. The minimum atomic E-state index is -0.501. The topological polar surface area (TPSA) is 82.1 Å². The van der Waals surface area contributed by atoms with Crippen LogP contribution in [0.2, 0.25) is 5.15 Å². The fourth-order valence-corrected chi connectivity index (χ4v) is 4.74. The summed E-state index contributed by atoms with van der Waals surface area (Å²) in [5.41, 5.74) is 4.56. The number of amides is 1. The number of H-pyrrole nitrogens is 1. The SMILES string of the molecule is Cc1cc(CN(C)C(=O)c2ccc(C[C@@H]3CC[C@H]([C@H](O)c4ccc(Cl)nc4)C3)cc2)n[nH]1. The highest BCUT2D eigenvalue weighted by molar-refractivity contribution is 6.29. The number of aliphatic hydroxyl groups is 1. The molecule has 1 saturated carbocycles. The summed E-state index contributed by atoms with van der Waals surface area (Å²) in [7, 11) is 1.79. The van der Waals surface area contributed by atoms with Crippen molar-refractivity contribution in [3.63, 3.8) is 0 Å². The molecule has 4 rings (SSSR count). The number of rotatable bonds is 7. The van der Waals surface area contributed by atoms with Gasteiger partial charge < -0.3 is 10.0 Å². The van der Waals surface area contributed by atoms with E-state index in [4.69, 9.17) is 11.6 Å². The average Bonchev–Trinajstić information content (AvgIpc) is 3.42. The summed E-state index contributed by atoms with van der Waals surface area (Å²) in [4.78, 5) is 18.5. The first-order valence-electron chi connectivity index (χ1n) is 11.0. The number of aromatic nitrogens is 3. The second-order valence-electron chi connectivity index (χ2n) is 8.90. The van der Waals surface area contributed by atoms with Gasteiger partial charge in [0, 0.05) is 24.5 Å². The molecule has 1 fully saturated rings. The van der Waals surface area contributed by atoms with Gasteiger partial charge >= 0.3 is 0 Å². The molecule has 0 bridgehead atoms. The highest BCUT2D eigenvalue weighted by Crippen LogP contribution is 2.40. The second kappa shape index (κ2) is 9.84. The van der Waals surface area contributed by atoms with E-state index >= 15 is 0 Å². The standard InChI is InChI=1S/C25H29ClN4O2/c1-16-11-22(29-28-16)15-30(2)25(32)19-6-3-17(4-7-19)12-18-5-8-20(13-18)24(31)21-9-10-23(26)27-14-21/h3-4,6-7,9-11,14,18,20,24,31H,5,8,12-13,15H2,1-2H3,(H,28,29)/t18-,20-,24-/m0/s1. The zero-order valence-electron chi connectivity index (χ0n) is 18.5. The number of halogens is 1.